The third-order valence-electron chi connectivity index (χ3n) is 4.93. The summed E-state index contributed by atoms with van der Waals surface area (Å²) in [6.07, 6.45) is 3.21. The maximum Gasteiger partial charge on any atom is 0.0606 e. The van der Waals surface area contributed by atoms with Gasteiger partial charge in [0, 0.05) is 37.6 Å². The van der Waals surface area contributed by atoms with Crippen LogP contribution in [0.1, 0.15) is 38.3 Å². The maximum atomic E-state index is 9.23. The second-order valence-electron chi connectivity index (χ2n) is 6.72. The topological polar surface area (TPSA) is 26.7 Å². The van der Waals surface area contributed by atoms with Crippen molar-refractivity contribution in [1.82, 2.24) is 0 Å². The molecule has 0 atom stereocenters. The van der Waals surface area contributed by atoms with E-state index in [1.165, 1.54) is 22.5 Å². The number of hydrogen-bond acceptors (Lipinski definition) is 3. The number of aliphatic hydroxyl groups excluding tert-OH is 1. The van der Waals surface area contributed by atoms with Crippen LogP contribution in [-0.4, -0.2) is 37.9 Å². The minimum Gasteiger partial charge on any atom is -0.395 e. The largest absolute Gasteiger partial charge is 0.395 e. The fraction of sp³-hybridized carbons (Fsp3) is 0.478. The van der Waals surface area contributed by atoms with Gasteiger partial charge in [-0.3, -0.25) is 0 Å². The summed E-state index contributed by atoms with van der Waals surface area (Å²) in [5, 5.41) is 9.23. The van der Waals surface area contributed by atoms with Crippen molar-refractivity contribution in [3.8, 4) is 0 Å². The maximum absolute atomic E-state index is 9.23. The molecule has 142 valence electrons. The first-order chi connectivity index (χ1) is 12.7. The van der Waals surface area contributed by atoms with Gasteiger partial charge < -0.3 is 14.9 Å². The Kier molecular flexibility index (Phi) is 8.49. The van der Waals surface area contributed by atoms with Crippen molar-refractivity contribution < 1.29 is 5.11 Å². The lowest BCUT2D eigenvalue weighted by atomic mass is 10.0. The number of rotatable bonds is 11. The van der Waals surface area contributed by atoms with Crippen molar-refractivity contribution in [3.05, 3.63) is 59.7 Å². The molecule has 2 rings (SSSR count). The second-order valence-corrected chi connectivity index (χ2v) is 6.72. The number of hydrogen-bond donors (Lipinski definition) is 1. The van der Waals surface area contributed by atoms with E-state index < -0.39 is 0 Å². The van der Waals surface area contributed by atoms with E-state index in [1.807, 2.05) is 0 Å². The average Bonchev–Trinajstić information content (AvgIpc) is 2.68. The first kappa shape index (κ1) is 20.3. The van der Waals surface area contributed by atoms with E-state index in [0.29, 0.717) is 6.54 Å². The van der Waals surface area contributed by atoms with Crippen LogP contribution in [0.4, 0.5) is 11.4 Å². The Labute approximate surface area is 159 Å². The summed E-state index contributed by atoms with van der Waals surface area (Å²) in [5.41, 5.74) is 5.26. The fourth-order valence-electron chi connectivity index (χ4n) is 3.38. The Balaban J connectivity index is 1.93. The van der Waals surface area contributed by atoms with Crippen LogP contribution in [-0.2, 0) is 12.8 Å². The highest BCUT2D eigenvalue weighted by atomic mass is 16.3. The molecule has 3 heteroatoms. The molecular weight excluding hydrogens is 320 g/mol. The molecule has 0 amide bonds. The van der Waals surface area contributed by atoms with E-state index >= 15 is 0 Å². The predicted octanol–water partition coefficient (Wildman–Crippen LogP) is 4.53. The number of nitrogens with zero attached hydrogens (tertiary/aromatic N) is 2. The molecule has 0 bridgehead atoms. The van der Waals surface area contributed by atoms with Gasteiger partial charge in [-0.05, 0) is 68.5 Å². The third-order valence-corrected chi connectivity index (χ3v) is 4.93. The van der Waals surface area contributed by atoms with Crippen LogP contribution < -0.4 is 9.80 Å². The zero-order chi connectivity index (χ0) is 18.8. The molecule has 3 nitrogen and oxygen atoms in total. The molecule has 0 unspecified atom stereocenters. The van der Waals surface area contributed by atoms with Gasteiger partial charge in [-0.2, -0.15) is 0 Å². The predicted molar refractivity (Wildman–Crippen MR) is 113 cm³/mol. The van der Waals surface area contributed by atoms with Crippen molar-refractivity contribution in [2.24, 2.45) is 0 Å². The standard InChI is InChI=1S/C23H34N2O/c1-4-17-25(18-19-26)23-15-11-21(12-16-23)8-7-20-9-13-22(14-10-20)24(5-2)6-3/h9-16,26H,4-8,17-19H2,1-3H3. The van der Waals surface area contributed by atoms with Gasteiger partial charge in [-0.25, -0.2) is 0 Å². The summed E-state index contributed by atoms with van der Waals surface area (Å²) in [4.78, 5) is 4.62. The lowest BCUT2D eigenvalue weighted by Gasteiger charge is -2.23. The van der Waals surface area contributed by atoms with E-state index in [1.54, 1.807) is 0 Å². The van der Waals surface area contributed by atoms with E-state index in [-0.39, 0.29) is 6.61 Å². The van der Waals surface area contributed by atoms with Crippen LogP contribution in [0.25, 0.3) is 0 Å². The lowest BCUT2D eigenvalue weighted by molar-refractivity contribution is 0.302. The summed E-state index contributed by atoms with van der Waals surface area (Å²) >= 11 is 0. The summed E-state index contributed by atoms with van der Waals surface area (Å²) in [7, 11) is 0. The Hall–Kier alpha value is -2.00. The molecule has 0 saturated carbocycles. The quantitative estimate of drug-likeness (QED) is 0.642. The Morgan fingerprint density at radius 1 is 0.654 bits per heavy atom. The molecule has 0 aliphatic heterocycles. The smallest absolute Gasteiger partial charge is 0.0606 e. The van der Waals surface area contributed by atoms with Crippen molar-refractivity contribution in [2.75, 3.05) is 42.6 Å². The lowest BCUT2D eigenvalue weighted by Crippen LogP contribution is -2.27. The van der Waals surface area contributed by atoms with E-state index in [4.69, 9.17) is 0 Å². The average molecular weight is 355 g/mol. The Morgan fingerprint density at radius 3 is 1.50 bits per heavy atom. The van der Waals surface area contributed by atoms with Crippen LogP contribution in [0.5, 0.6) is 0 Å². The van der Waals surface area contributed by atoms with Gasteiger partial charge in [0.1, 0.15) is 0 Å². The minimum atomic E-state index is 0.200. The van der Waals surface area contributed by atoms with Gasteiger partial charge in [-0.1, -0.05) is 31.2 Å². The van der Waals surface area contributed by atoms with Gasteiger partial charge in [0.05, 0.1) is 6.61 Å². The summed E-state index contributed by atoms with van der Waals surface area (Å²) in [5.74, 6) is 0. The van der Waals surface area contributed by atoms with Gasteiger partial charge in [0.2, 0.25) is 0 Å². The van der Waals surface area contributed by atoms with Crippen LogP contribution in [0.15, 0.2) is 48.5 Å². The molecule has 0 fully saturated rings. The molecule has 2 aromatic rings. The molecule has 0 radical (unpaired) electrons. The zero-order valence-corrected chi connectivity index (χ0v) is 16.6. The van der Waals surface area contributed by atoms with Crippen LogP contribution in [0.2, 0.25) is 0 Å². The highest BCUT2D eigenvalue weighted by molar-refractivity contribution is 5.49. The molecule has 0 saturated heterocycles. The van der Waals surface area contributed by atoms with E-state index in [9.17, 15) is 5.11 Å². The normalized spacial score (nSPS) is 10.8. The van der Waals surface area contributed by atoms with Gasteiger partial charge >= 0.3 is 0 Å². The molecule has 0 aromatic heterocycles. The Morgan fingerprint density at radius 2 is 1.12 bits per heavy atom. The highest BCUT2D eigenvalue weighted by Crippen LogP contribution is 2.18. The second kappa shape index (κ2) is 10.9. The van der Waals surface area contributed by atoms with Gasteiger partial charge in [0.25, 0.3) is 0 Å². The first-order valence-electron chi connectivity index (χ1n) is 10.00. The highest BCUT2D eigenvalue weighted by Gasteiger charge is 2.05. The van der Waals surface area contributed by atoms with Gasteiger partial charge in [0.15, 0.2) is 0 Å². The summed E-state index contributed by atoms with van der Waals surface area (Å²) in [6.45, 7) is 10.5. The van der Waals surface area contributed by atoms with Crippen LogP contribution in [0, 0.1) is 0 Å². The zero-order valence-electron chi connectivity index (χ0n) is 16.6. The summed E-state index contributed by atoms with van der Waals surface area (Å²) < 4.78 is 0. The SMILES string of the molecule is CCCN(CCO)c1ccc(CCc2ccc(N(CC)CC)cc2)cc1. The van der Waals surface area contributed by atoms with Crippen molar-refractivity contribution in [2.45, 2.75) is 40.0 Å². The molecular formula is C23H34N2O. The molecule has 0 spiro atoms. The number of aliphatic hydroxyl groups is 1. The van der Waals surface area contributed by atoms with Crippen molar-refractivity contribution in [3.63, 3.8) is 0 Å². The number of benzene rings is 2. The summed E-state index contributed by atoms with van der Waals surface area (Å²) in [6, 6.07) is 17.8. The third kappa shape index (κ3) is 5.77. The molecule has 0 aliphatic rings. The van der Waals surface area contributed by atoms with E-state index in [2.05, 4.69) is 79.1 Å². The number of aryl methyl sites for hydroxylation is 2. The van der Waals surface area contributed by atoms with E-state index in [0.717, 1.165) is 38.9 Å². The monoisotopic (exact) mass is 354 g/mol. The first-order valence-corrected chi connectivity index (χ1v) is 10.00. The fourth-order valence-corrected chi connectivity index (χ4v) is 3.38. The van der Waals surface area contributed by atoms with Crippen LogP contribution >= 0.6 is 0 Å². The molecule has 2 aromatic carbocycles. The molecule has 0 heterocycles. The Bertz CT molecular complexity index is 612. The molecule has 26 heavy (non-hydrogen) atoms. The molecule has 1 N–H and O–H groups in total. The van der Waals surface area contributed by atoms with Crippen molar-refractivity contribution >= 4 is 11.4 Å². The van der Waals surface area contributed by atoms with Crippen molar-refractivity contribution in [1.29, 1.82) is 0 Å². The van der Waals surface area contributed by atoms with Gasteiger partial charge in [-0.15, -0.1) is 0 Å². The molecule has 0 aliphatic carbocycles. The minimum absolute atomic E-state index is 0.200. The van der Waals surface area contributed by atoms with Crippen LogP contribution in [0.3, 0.4) is 0 Å². The number of anilines is 2.